The van der Waals surface area contributed by atoms with Crippen LogP contribution in [0, 0.1) is 69.5 Å². The lowest BCUT2D eigenvalue weighted by molar-refractivity contribution is -0.216. The van der Waals surface area contributed by atoms with Crippen LogP contribution in [-0.2, 0) is 28.6 Å². The van der Waals surface area contributed by atoms with Crippen molar-refractivity contribution < 1.29 is 42.8 Å². The van der Waals surface area contributed by atoms with Gasteiger partial charge in [0.05, 0.1) is 26.2 Å². The highest BCUT2D eigenvalue weighted by Crippen LogP contribution is 2.65. The van der Waals surface area contributed by atoms with E-state index in [4.69, 9.17) is 28.4 Å². The van der Waals surface area contributed by atoms with E-state index >= 15 is 0 Å². The van der Waals surface area contributed by atoms with Gasteiger partial charge in [-0.05, 0) is 276 Å². The largest absolute Gasteiger partial charge is 0.494 e. The highest BCUT2D eigenvalue weighted by atomic mass is 16.6. The highest BCUT2D eigenvalue weighted by Gasteiger charge is 2.61. The van der Waals surface area contributed by atoms with Gasteiger partial charge in [-0.2, -0.15) is 0 Å². The average Bonchev–Trinajstić information content (AvgIpc) is 0.939. The summed E-state index contributed by atoms with van der Waals surface area (Å²) in [5.74, 6) is 10.3. The molecule has 498 valence electrons. The van der Waals surface area contributed by atoms with Gasteiger partial charge < -0.3 is 28.4 Å². The van der Waals surface area contributed by atoms with E-state index < -0.39 is 0 Å². The molecule has 15 rings (SSSR count). The normalized spacial score (nSPS) is 33.3. The minimum atomic E-state index is -0.258. The van der Waals surface area contributed by atoms with Gasteiger partial charge in [-0.3, -0.25) is 14.4 Å². The van der Waals surface area contributed by atoms with E-state index in [-0.39, 0.29) is 43.1 Å². The summed E-state index contributed by atoms with van der Waals surface area (Å²) in [5.41, 5.74) is 5.32. The molecule has 0 heterocycles. The van der Waals surface area contributed by atoms with Crippen LogP contribution < -0.4 is 14.2 Å². The fourth-order valence-electron chi connectivity index (χ4n) is 19.1. The van der Waals surface area contributed by atoms with Crippen molar-refractivity contribution >= 4 is 17.9 Å². The molecule has 0 saturated heterocycles. The Bertz CT molecular complexity index is 2470. The first-order valence-corrected chi connectivity index (χ1v) is 36.0. The number of esters is 3. The van der Waals surface area contributed by atoms with Crippen LogP contribution in [0.1, 0.15) is 286 Å². The smallest absolute Gasteiger partial charge is 0.309 e. The molecule has 0 aromatic heterocycles. The molecule has 9 heteroatoms. The second-order valence-electron chi connectivity index (χ2n) is 30.4. The molecule has 12 aliphatic carbocycles. The van der Waals surface area contributed by atoms with Gasteiger partial charge in [0.15, 0.2) is 0 Å². The Kier molecular flexibility index (Phi) is 26.1. The molecule has 0 N–H and O–H groups in total. The van der Waals surface area contributed by atoms with E-state index in [1.54, 1.807) is 0 Å². The average molecular weight is 1230 g/mol. The molecule has 0 radical (unpaired) electrons. The van der Waals surface area contributed by atoms with Crippen LogP contribution in [0.25, 0.3) is 0 Å². The van der Waals surface area contributed by atoms with Crippen molar-refractivity contribution in [2.45, 2.75) is 288 Å². The van der Waals surface area contributed by atoms with E-state index in [1.807, 2.05) is 64.1 Å². The first-order chi connectivity index (χ1) is 42.2. The van der Waals surface area contributed by atoms with Gasteiger partial charge in [-0.25, -0.2) is 0 Å². The monoisotopic (exact) mass is 1230 g/mol. The van der Waals surface area contributed by atoms with E-state index in [9.17, 15) is 14.4 Å². The standard InChI is InChI=1S/3C25H36O3.2C2H6.CH4/c1-5-17(2)19-6-8-22(9-7-19)27-11-10-23(26)28-25(4)20-12-18-13-21(25)16-24(3,14-18)15-20;2*1-4-17(2)19-7-9-22(10-8-19)27-11-5-6-23(26)28-24-20-12-18-13-21(24)16-25(3,14-18)15-20;2*1-2;/h6-9,17-18,20-21H,5,10-16H2,1-4H3;2*7-10,17-18,20-21,24H,4-6,11-16H2,1-3H3;2*1-2H3;1H4. The summed E-state index contributed by atoms with van der Waals surface area (Å²) in [6.07, 6.45) is 25.7. The van der Waals surface area contributed by atoms with Gasteiger partial charge >= 0.3 is 17.9 Å². The van der Waals surface area contributed by atoms with Crippen LogP contribution >= 0.6 is 0 Å². The van der Waals surface area contributed by atoms with Gasteiger partial charge in [-0.1, -0.05) is 134 Å². The van der Waals surface area contributed by atoms with Crippen LogP contribution in [0.15, 0.2) is 72.8 Å². The number of ether oxygens (including phenoxy) is 6. The summed E-state index contributed by atoms with van der Waals surface area (Å²) in [6, 6.07) is 25.0. The Balaban J connectivity index is 0.000000184. The quantitative estimate of drug-likeness (QED) is 0.0521. The lowest BCUT2D eigenvalue weighted by atomic mass is 9.45. The second kappa shape index (κ2) is 32.4. The van der Waals surface area contributed by atoms with Gasteiger partial charge in [0.1, 0.15) is 35.1 Å². The maximum Gasteiger partial charge on any atom is 0.309 e. The number of hydrogen-bond acceptors (Lipinski definition) is 9. The van der Waals surface area contributed by atoms with Crippen molar-refractivity contribution in [3.8, 4) is 17.2 Å². The maximum absolute atomic E-state index is 12.6. The molecule has 0 spiro atoms. The molecule has 9 unspecified atom stereocenters. The Morgan fingerprint density at radius 3 is 1.02 bits per heavy atom. The number of carbonyl (C=O) groups is 3. The van der Waals surface area contributed by atoms with Gasteiger partial charge in [-0.15, -0.1) is 0 Å². The zero-order chi connectivity index (χ0) is 63.4. The predicted octanol–water partition coefficient (Wildman–Crippen LogP) is 21.0. The molecule has 0 amide bonds. The Hall–Kier alpha value is -4.53. The van der Waals surface area contributed by atoms with Crippen LogP contribution in [0.5, 0.6) is 17.2 Å². The number of carbonyl (C=O) groups excluding carboxylic acids is 3. The Morgan fingerprint density at radius 2 is 0.719 bits per heavy atom. The van der Waals surface area contributed by atoms with Crippen molar-refractivity contribution in [3.05, 3.63) is 89.5 Å². The predicted molar refractivity (Wildman–Crippen MR) is 364 cm³/mol. The molecule has 12 aliphatic rings. The van der Waals surface area contributed by atoms with Gasteiger partial charge in [0.25, 0.3) is 0 Å². The number of rotatable bonds is 23. The second-order valence-corrected chi connectivity index (χ2v) is 30.4. The van der Waals surface area contributed by atoms with Crippen LogP contribution in [0.4, 0.5) is 0 Å². The first-order valence-electron chi connectivity index (χ1n) is 36.0. The minimum Gasteiger partial charge on any atom is -0.494 e. The SMILES string of the molecule is C.CC.CC.CCC(C)c1ccc(OCCC(=O)OC2(C)C3CC4CC2CC(C)(C4)C3)cc1.CCC(C)c1ccc(OCCCC(=O)OC2C3CC4CC2CC(C)(C4)C3)cc1.CCC(C)c1ccc(OCCCC(=O)OC2C3CC4CC2CC(C)(C4)C3)cc1. The van der Waals surface area contributed by atoms with E-state index in [0.29, 0.717) is 121 Å². The molecule has 3 aromatic rings. The first kappa shape index (κ1) is 71.9. The van der Waals surface area contributed by atoms with Crippen molar-refractivity contribution in [3.63, 3.8) is 0 Å². The fourth-order valence-corrected chi connectivity index (χ4v) is 19.1. The number of benzene rings is 3. The van der Waals surface area contributed by atoms with Crippen LogP contribution in [-0.4, -0.2) is 55.5 Å². The lowest BCUT2D eigenvalue weighted by Crippen LogP contribution is -2.60. The third kappa shape index (κ3) is 18.4. The summed E-state index contributed by atoms with van der Waals surface area (Å²) in [4.78, 5) is 37.4. The van der Waals surface area contributed by atoms with Crippen molar-refractivity contribution in [2.75, 3.05) is 19.8 Å². The van der Waals surface area contributed by atoms with E-state index in [0.717, 1.165) is 54.3 Å². The Labute approximate surface area is 541 Å². The topological polar surface area (TPSA) is 107 Å². The molecule has 9 nitrogen and oxygen atoms in total. The molecule has 9 atom stereocenters. The van der Waals surface area contributed by atoms with Crippen molar-refractivity contribution in [1.29, 1.82) is 0 Å². The summed E-state index contributed by atoms with van der Waals surface area (Å²) in [5, 5.41) is 0. The van der Waals surface area contributed by atoms with Crippen LogP contribution in [0.3, 0.4) is 0 Å². The van der Waals surface area contributed by atoms with Crippen LogP contribution in [0.2, 0.25) is 0 Å². The summed E-state index contributed by atoms with van der Waals surface area (Å²) in [6.45, 7) is 32.4. The molecular formula is C80H124O9. The minimum absolute atomic E-state index is 0. The highest BCUT2D eigenvalue weighted by molar-refractivity contribution is 5.70. The summed E-state index contributed by atoms with van der Waals surface area (Å²) < 4.78 is 35.5. The molecule has 12 saturated carbocycles. The molecule has 0 aliphatic heterocycles. The van der Waals surface area contributed by atoms with E-state index in [1.165, 1.54) is 113 Å². The molecule has 12 fully saturated rings. The van der Waals surface area contributed by atoms with E-state index in [2.05, 4.69) is 106 Å². The molecule has 3 aromatic carbocycles. The number of hydrogen-bond donors (Lipinski definition) is 0. The van der Waals surface area contributed by atoms with Gasteiger partial charge in [0, 0.05) is 12.8 Å². The molecular weight excluding hydrogens is 1100 g/mol. The summed E-state index contributed by atoms with van der Waals surface area (Å²) in [7, 11) is 0. The summed E-state index contributed by atoms with van der Waals surface area (Å²) >= 11 is 0. The van der Waals surface area contributed by atoms with Crippen molar-refractivity contribution in [2.24, 2.45) is 69.5 Å². The zero-order valence-electron chi connectivity index (χ0n) is 57.6. The maximum atomic E-state index is 12.6. The lowest BCUT2D eigenvalue weighted by Gasteiger charge is -2.62. The van der Waals surface area contributed by atoms with Crippen molar-refractivity contribution in [1.82, 2.24) is 0 Å². The molecule has 89 heavy (non-hydrogen) atoms. The fraction of sp³-hybridized carbons (Fsp3) is 0.738. The third-order valence-corrected chi connectivity index (χ3v) is 23.3. The Morgan fingerprint density at radius 1 is 0.416 bits per heavy atom. The zero-order valence-corrected chi connectivity index (χ0v) is 57.6. The molecule has 12 bridgehead atoms. The third-order valence-electron chi connectivity index (χ3n) is 23.3. The van der Waals surface area contributed by atoms with Gasteiger partial charge in [0.2, 0.25) is 0 Å².